The number of anilines is 1. The Morgan fingerprint density at radius 3 is 1.80 bits per heavy atom. The number of nitrogens with zero attached hydrogens (tertiary/aromatic N) is 2. The Balaban J connectivity index is 1.98. The van der Waals surface area contributed by atoms with E-state index >= 15 is 13.2 Å². The second-order valence-electron chi connectivity index (χ2n) is 12.4. The maximum Gasteiger partial charge on any atom is 0.200 e. The van der Waals surface area contributed by atoms with E-state index < -0.39 is 39.8 Å². The fourth-order valence-corrected chi connectivity index (χ4v) is 6.44. The Kier molecular flexibility index (Phi) is 10.6. The molecule has 0 saturated carbocycles. The fraction of sp³-hybridized carbons (Fsp3) is 0.333. The van der Waals surface area contributed by atoms with Gasteiger partial charge in [0.1, 0.15) is 10.7 Å². The molecule has 0 saturated heterocycles. The predicted octanol–water partition coefficient (Wildman–Crippen LogP) is 10.8. The first-order chi connectivity index (χ1) is 21.1. The molecule has 240 valence electrons. The van der Waals surface area contributed by atoms with Crippen LogP contribution >= 0.6 is 11.9 Å². The summed E-state index contributed by atoms with van der Waals surface area (Å²) in [6, 6.07) is 16.1. The topological polar surface area (TPSA) is 6.48 Å². The van der Waals surface area contributed by atoms with Gasteiger partial charge in [0, 0.05) is 5.56 Å². The minimum atomic E-state index is -2.24. The van der Waals surface area contributed by atoms with Gasteiger partial charge >= 0.3 is 0 Å². The molecule has 0 atom stereocenters. The van der Waals surface area contributed by atoms with E-state index in [-0.39, 0.29) is 24.1 Å². The highest BCUT2D eigenvalue weighted by molar-refractivity contribution is 7.97. The van der Waals surface area contributed by atoms with E-state index in [2.05, 4.69) is 45.9 Å². The Morgan fingerprint density at radius 1 is 0.689 bits per heavy atom. The lowest BCUT2D eigenvalue weighted by Crippen LogP contribution is -2.39. The summed E-state index contributed by atoms with van der Waals surface area (Å²) >= 11 is 0.346. The van der Waals surface area contributed by atoms with Crippen LogP contribution in [0.5, 0.6) is 0 Å². The van der Waals surface area contributed by atoms with Gasteiger partial charge in [0.05, 0.1) is 18.8 Å². The third kappa shape index (κ3) is 7.69. The average molecular weight is 645 g/mol. The van der Waals surface area contributed by atoms with Crippen LogP contribution in [0.25, 0.3) is 0 Å². The highest BCUT2D eigenvalue weighted by Gasteiger charge is 2.31. The van der Waals surface area contributed by atoms with Gasteiger partial charge in [-0.25, -0.2) is 26.3 Å². The molecule has 4 aromatic carbocycles. The lowest BCUT2D eigenvalue weighted by atomic mass is 9.84. The zero-order valence-electron chi connectivity index (χ0n) is 26.6. The maximum atomic E-state index is 15.1. The van der Waals surface area contributed by atoms with Crippen LogP contribution in [-0.4, -0.2) is 4.41 Å². The highest BCUT2D eigenvalue weighted by Crippen LogP contribution is 2.39. The van der Waals surface area contributed by atoms with E-state index in [9.17, 15) is 13.2 Å². The molecule has 45 heavy (non-hydrogen) atoms. The molecule has 0 aliphatic carbocycles. The molecule has 0 unspecified atom stereocenters. The van der Waals surface area contributed by atoms with Crippen LogP contribution in [0.3, 0.4) is 0 Å². The Morgan fingerprint density at radius 2 is 1.24 bits per heavy atom. The standard InChI is InChI=1S/C36H38F6N2S/c1-8-11-24-16-25(18-27(17-24)36(5,6)7)19-43(34-22(3)14-21(2)15-23(34)4)44(20-26-12-9-10-13-28(26)37)45-35-32(41)30(39)29(38)31(40)33(35)42/h9-10,12-18H,8,11,19-20H2,1-7H3. The van der Waals surface area contributed by atoms with Gasteiger partial charge in [0.15, 0.2) is 23.3 Å². The van der Waals surface area contributed by atoms with Crippen LogP contribution in [0, 0.1) is 55.7 Å². The lowest BCUT2D eigenvalue weighted by molar-refractivity contribution is 0.356. The van der Waals surface area contributed by atoms with Gasteiger partial charge < -0.3 is 0 Å². The molecule has 4 aromatic rings. The molecule has 0 aromatic heterocycles. The van der Waals surface area contributed by atoms with Crippen molar-refractivity contribution >= 4 is 17.6 Å². The quantitative estimate of drug-likeness (QED) is 0.0558. The largest absolute Gasteiger partial charge is 0.291 e. The first kappa shape index (κ1) is 34.4. The van der Waals surface area contributed by atoms with Crippen molar-refractivity contribution in [2.45, 2.75) is 84.7 Å². The Hall–Kier alpha value is -3.43. The summed E-state index contributed by atoms with van der Waals surface area (Å²) in [5.74, 6) is -10.8. The molecule has 2 nitrogen and oxygen atoms in total. The van der Waals surface area contributed by atoms with Gasteiger partial charge in [-0.05, 0) is 78.4 Å². The lowest BCUT2D eigenvalue weighted by Gasteiger charge is -2.38. The SMILES string of the molecule is CCCc1cc(CN(c2c(C)cc(C)cc2C)N(Cc2ccccc2F)Sc2c(F)c(F)c(F)c(F)c2F)cc(C(C)(C)C)c1. The van der Waals surface area contributed by atoms with Crippen molar-refractivity contribution in [3.8, 4) is 0 Å². The predicted molar refractivity (Wildman–Crippen MR) is 170 cm³/mol. The van der Waals surface area contributed by atoms with E-state index in [0.29, 0.717) is 17.6 Å². The molecule has 0 N–H and O–H groups in total. The minimum absolute atomic E-state index is 0.169. The molecule has 0 spiro atoms. The van der Waals surface area contributed by atoms with Crippen molar-refractivity contribution in [1.82, 2.24) is 4.41 Å². The van der Waals surface area contributed by atoms with E-state index in [1.165, 1.54) is 22.6 Å². The molecule has 0 aliphatic heterocycles. The molecule has 4 rings (SSSR count). The van der Waals surface area contributed by atoms with Gasteiger partial charge in [-0.15, -0.1) is 0 Å². The molecule has 0 aliphatic rings. The van der Waals surface area contributed by atoms with E-state index in [0.717, 1.165) is 46.2 Å². The summed E-state index contributed by atoms with van der Waals surface area (Å²) in [7, 11) is 0. The maximum absolute atomic E-state index is 15.1. The third-order valence-electron chi connectivity index (χ3n) is 7.58. The van der Waals surface area contributed by atoms with Crippen LogP contribution in [0.4, 0.5) is 32.0 Å². The summed E-state index contributed by atoms with van der Waals surface area (Å²) < 4.78 is 89.6. The van der Waals surface area contributed by atoms with Crippen LogP contribution in [0.15, 0.2) is 59.5 Å². The first-order valence-electron chi connectivity index (χ1n) is 14.8. The van der Waals surface area contributed by atoms with Gasteiger partial charge in [-0.2, -0.15) is 4.41 Å². The van der Waals surface area contributed by atoms with E-state index in [4.69, 9.17) is 0 Å². The molecule has 0 amide bonds. The summed E-state index contributed by atoms with van der Waals surface area (Å²) in [5.41, 5.74) is 6.39. The van der Waals surface area contributed by atoms with Crippen molar-refractivity contribution in [1.29, 1.82) is 0 Å². The normalized spacial score (nSPS) is 11.9. The monoisotopic (exact) mass is 644 g/mol. The molecular weight excluding hydrogens is 606 g/mol. The second-order valence-corrected chi connectivity index (χ2v) is 13.4. The molecule has 0 fully saturated rings. The van der Waals surface area contributed by atoms with Gasteiger partial charge in [-0.1, -0.05) is 88.2 Å². The number of hydrogen-bond donors (Lipinski definition) is 0. The smallest absolute Gasteiger partial charge is 0.200 e. The average Bonchev–Trinajstić information content (AvgIpc) is 2.96. The van der Waals surface area contributed by atoms with E-state index in [1.54, 1.807) is 11.1 Å². The zero-order valence-corrected chi connectivity index (χ0v) is 27.4. The summed E-state index contributed by atoms with van der Waals surface area (Å²) in [5, 5.41) is 1.75. The number of hydrogen-bond acceptors (Lipinski definition) is 3. The van der Waals surface area contributed by atoms with Crippen LogP contribution in [-0.2, 0) is 24.9 Å². The van der Waals surface area contributed by atoms with Crippen molar-refractivity contribution < 1.29 is 26.3 Å². The van der Waals surface area contributed by atoms with Crippen LogP contribution in [0.2, 0.25) is 0 Å². The fourth-order valence-electron chi connectivity index (χ4n) is 5.45. The van der Waals surface area contributed by atoms with Crippen LogP contribution in [0.1, 0.15) is 73.1 Å². The van der Waals surface area contributed by atoms with Crippen molar-refractivity contribution in [3.63, 3.8) is 0 Å². The number of aryl methyl sites for hydroxylation is 4. The number of hydrazine groups is 1. The van der Waals surface area contributed by atoms with Crippen molar-refractivity contribution in [3.05, 3.63) is 128 Å². The second kappa shape index (κ2) is 13.9. The Bertz CT molecular complexity index is 1650. The van der Waals surface area contributed by atoms with Crippen molar-refractivity contribution in [2.75, 3.05) is 5.01 Å². The number of halogens is 6. The molecule has 0 heterocycles. The van der Waals surface area contributed by atoms with Crippen LogP contribution < -0.4 is 5.01 Å². The molecule has 9 heteroatoms. The third-order valence-corrected chi connectivity index (χ3v) is 8.66. The van der Waals surface area contributed by atoms with Gasteiger partial charge in [-0.3, -0.25) is 5.01 Å². The summed E-state index contributed by atoms with van der Waals surface area (Å²) in [6.07, 6.45) is 1.75. The minimum Gasteiger partial charge on any atom is -0.291 e. The number of rotatable bonds is 10. The first-order valence-corrected chi connectivity index (χ1v) is 15.6. The van der Waals surface area contributed by atoms with E-state index in [1.807, 2.05) is 32.9 Å². The highest BCUT2D eigenvalue weighted by atomic mass is 32.2. The summed E-state index contributed by atoms with van der Waals surface area (Å²) in [4.78, 5) is -1.08. The molecule has 0 radical (unpaired) electrons. The Labute approximate surface area is 266 Å². The summed E-state index contributed by atoms with van der Waals surface area (Å²) in [6.45, 7) is 14.1. The van der Waals surface area contributed by atoms with Gasteiger partial charge in [0.2, 0.25) is 5.82 Å². The number of benzene rings is 4. The van der Waals surface area contributed by atoms with Crippen molar-refractivity contribution in [2.24, 2.45) is 0 Å². The molecule has 0 bridgehead atoms. The molecular formula is C36H38F6N2S. The zero-order chi connectivity index (χ0) is 33.2. The van der Waals surface area contributed by atoms with Gasteiger partial charge in [0.25, 0.3) is 0 Å².